The van der Waals surface area contributed by atoms with E-state index in [9.17, 15) is 33.0 Å². The van der Waals surface area contributed by atoms with Crippen LogP contribution in [0.25, 0.3) is 0 Å². The van der Waals surface area contributed by atoms with Crippen LogP contribution in [0.1, 0.15) is 75.5 Å². The van der Waals surface area contributed by atoms with E-state index < -0.39 is 65.8 Å². The molecule has 5 atom stereocenters. The molecule has 2 aliphatic rings. The number of carbonyl (C=O) groups is 2. The molecule has 1 heterocycles. The Morgan fingerprint density at radius 3 is 2.26 bits per heavy atom. The maximum Gasteiger partial charge on any atom is 0.417 e. The number of piperidine rings is 1. The standard InChI is InChI=1S/C29H32Cl2F3NO4/c1-3-22(14-28(39,19-9-10-19)29(32,33)34)35-25(17-7-11-20(30)12-8-17)23(18-5-4-6-21(31)13-18)15-27(2,26(35)38)16-24(36)37/h4-8,11-13,19,22-23,25,39H,3,9-10,14-16H2,1-2H3,(H,36,37)/t22-,23+,25+,27-,28?/m0/s1. The first-order valence-electron chi connectivity index (χ1n) is 13.0. The molecule has 2 fully saturated rings. The van der Waals surface area contributed by atoms with Crippen molar-refractivity contribution >= 4 is 35.1 Å². The Kier molecular flexibility index (Phi) is 8.33. The molecule has 0 aromatic heterocycles. The van der Waals surface area contributed by atoms with Crippen molar-refractivity contribution in [1.82, 2.24) is 4.90 Å². The minimum absolute atomic E-state index is 0.131. The number of halogens is 5. The van der Waals surface area contributed by atoms with Gasteiger partial charge in [-0.25, -0.2) is 0 Å². The van der Waals surface area contributed by atoms with Gasteiger partial charge in [-0.2, -0.15) is 13.2 Å². The van der Waals surface area contributed by atoms with E-state index in [4.69, 9.17) is 23.2 Å². The summed E-state index contributed by atoms with van der Waals surface area (Å²) in [4.78, 5) is 27.6. The average Bonchev–Trinajstić information content (AvgIpc) is 3.70. The van der Waals surface area contributed by atoms with Gasteiger partial charge in [0.2, 0.25) is 5.91 Å². The first kappa shape index (κ1) is 29.7. The summed E-state index contributed by atoms with van der Waals surface area (Å²) in [5.41, 5.74) is -2.97. The van der Waals surface area contributed by atoms with Crippen LogP contribution in [0.4, 0.5) is 13.2 Å². The number of aliphatic hydroxyl groups is 1. The van der Waals surface area contributed by atoms with Gasteiger partial charge in [0.25, 0.3) is 0 Å². The third kappa shape index (κ3) is 5.93. The summed E-state index contributed by atoms with van der Waals surface area (Å²) in [6, 6.07) is 12.0. The van der Waals surface area contributed by atoms with E-state index in [-0.39, 0.29) is 25.7 Å². The highest BCUT2D eigenvalue weighted by molar-refractivity contribution is 6.30. The molecule has 2 aromatic carbocycles. The molecule has 1 aliphatic heterocycles. The van der Waals surface area contributed by atoms with E-state index in [1.54, 1.807) is 56.3 Å². The zero-order valence-corrected chi connectivity index (χ0v) is 23.2. The number of amides is 1. The lowest BCUT2D eigenvalue weighted by Crippen LogP contribution is -2.59. The Morgan fingerprint density at radius 2 is 1.74 bits per heavy atom. The minimum Gasteiger partial charge on any atom is -0.481 e. The molecule has 0 radical (unpaired) electrons. The molecular formula is C29H32Cl2F3NO4. The number of benzene rings is 2. The Labute approximate surface area is 235 Å². The molecule has 212 valence electrons. The summed E-state index contributed by atoms with van der Waals surface area (Å²) in [5.74, 6) is -3.15. The van der Waals surface area contributed by atoms with Crippen LogP contribution in [0.15, 0.2) is 48.5 Å². The Balaban J connectivity index is 1.90. The van der Waals surface area contributed by atoms with Gasteiger partial charge in [-0.15, -0.1) is 0 Å². The first-order valence-corrected chi connectivity index (χ1v) is 13.8. The Morgan fingerprint density at radius 1 is 1.10 bits per heavy atom. The van der Waals surface area contributed by atoms with E-state index in [0.717, 1.165) is 5.56 Å². The van der Waals surface area contributed by atoms with Crippen LogP contribution in [0.5, 0.6) is 0 Å². The maximum atomic E-state index is 14.3. The number of hydrogen-bond donors (Lipinski definition) is 2. The normalized spacial score (nSPS) is 26.3. The van der Waals surface area contributed by atoms with Gasteiger partial charge < -0.3 is 15.1 Å². The summed E-state index contributed by atoms with van der Waals surface area (Å²) in [5, 5.41) is 21.6. The van der Waals surface area contributed by atoms with Crippen molar-refractivity contribution in [2.75, 3.05) is 0 Å². The molecule has 1 saturated carbocycles. The second kappa shape index (κ2) is 10.9. The smallest absolute Gasteiger partial charge is 0.417 e. The highest BCUT2D eigenvalue weighted by atomic mass is 35.5. The number of likely N-dealkylation sites (tertiary alicyclic amines) is 1. The molecule has 2 aromatic rings. The van der Waals surface area contributed by atoms with Crippen LogP contribution in [-0.4, -0.2) is 44.8 Å². The molecule has 39 heavy (non-hydrogen) atoms. The SMILES string of the molecule is CC[C@@H](CC(O)(C1CC1)C(F)(F)F)N1C(=O)[C@](C)(CC(=O)O)C[C@H](c2cccc(Cl)c2)[C@H]1c1ccc(Cl)cc1. The third-order valence-corrected chi connectivity index (χ3v) is 8.77. The molecule has 4 rings (SSSR count). The lowest BCUT2D eigenvalue weighted by atomic mass is 9.66. The van der Waals surface area contributed by atoms with Crippen LogP contribution < -0.4 is 0 Å². The quantitative estimate of drug-likeness (QED) is 0.321. The topological polar surface area (TPSA) is 77.8 Å². The van der Waals surface area contributed by atoms with Crippen LogP contribution in [0.3, 0.4) is 0 Å². The van der Waals surface area contributed by atoms with Crippen molar-refractivity contribution in [3.63, 3.8) is 0 Å². The molecule has 0 spiro atoms. The number of carboxylic acids is 1. The van der Waals surface area contributed by atoms with Crippen LogP contribution >= 0.6 is 23.2 Å². The van der Waals surface area contributed by atoms with Crippen molar-refractivity contribution in [2.45, 2.75) is 82.2 Å². The van der Waals surface area contributed by atoms with Crippen molar-refractivity contribution in [3.05, 3.63) is 69.7 Å². The predicted molar refractivity (Wildman–Crippen MR) is 143 cm³/mol. The zero-order valence-electron chi connectivity index (χ0n) is 21.7. The van der Waals surface area contributed by atoms with Gasteiger partial charge in [0, 0.05) is 28.4 Å². The molecule has 1 amide bonds. The number of carboxylic acid groups (broad SMARTS) is 1. The lowest BCUT2D eigenvalue weighted by Gasteiger charge is -2.53. The number of hydrogen-bond acceptors (Lipinski definition) is 3. The van der Waals surface area contributed by atoms with Gasteiger partial charge >= 0.3 is 12.1 Å². The van der Waals surface area contributed by atoms with Gasteiger partial charge in [-0.1, -0.05) is 61.3 Å². The third-order valence-electron chi connectivity index (χ3n) is 8.29. The molecule has 5 nitrogen and oxygen atoms in total. The van der Waals surface area contributed by atoms with Gasteiger partial charge in [0.1, 0.15) is 0 Å². The fourth-order valence-electron chi connectivity index (χ4n) is 6.15. The molecule has 0 bridgehead atoms. The number of nitrogens with zero attached hydrogens (tertiary/aromatic N) is 1. The van der Waals surface area contributed by atoms with Crippen LogP contribution in [0.2, 0.25) is 10.0 Å². The molecule has 10 heteroatoms. The largest absolute Gasteiger partial charge is 0.481 e. The molecule has 1 saturated heterocycles. The van der Waals surface area contributed by atoms with Gasteiger partial charge in [0.05, 0.1) is 17.9 Å². The van der Waals surface area contributed by atoms with Crippen LogP contribution in [0, 0.1) is 11.3 Å². The van der Waals surface area contributed by atoms with Gasteiger partial charge in [-0.05, 0) is 67.0 Å². The fraction of sp³-hybridized carbons (Fsp3) is 0.517. The Bertz CT molecular complexity index is 1220. The molecule has 1 unspecified atom stereocenters. The van der Waals surface area contributed by atoms with E-state index in [2.05, 4.69) is 0 Å². The van der Waals surface area contributed by atoms with Gasteiger partial charge in [0.15, 0.2) is 5.60 Å². The van der Waals surface area contributed by atoms with Gasteiger partial charge in [-0.3, -0.25) is 9.59 Å². The second-order valence-corrected chi connectivity index (χ2v) is 12.0. The number of aliphatic carboxylic acids is 1. The van der Waals surface area contributed by atoms with Crippen molar-refractivity contribution < 1.29 is 33.0 Å². The second-order valence-electron chi connectivity index (χ2n) is 11.2. The van der Waals surface area contributed by atoms with E-state index in [1.165, 1.54) is 4.90 Å². The molecule has 1 aliphatic carbocycles. The zero-order chi connectivity index (χ0) is 28.8. The summed E-state index contributed by atoms with van der Waals surface area (Å²) in [6.07, 6.45) is -5.29. The highest BCUT2D eigenvalue weighted by Crippen LogP contribution is 2.55. The molecular weight excluding hydrogens is 554 g/mol. The first-order chi connectivity index (χ1) is 18.2. The van der Waals surface area contributed by atoms with Crippen LogP contribution in [-0.2, 0) is 9.59 Å². The number of carbonyl (C=O) groups excluding carboxylic acids is 1. The van der Waals surface area contributed by atoms with Crippen molar-refractivity contribution in [3.8, 4) is 0 Å². The summed E-state index contributed by atoms with van der Waals surface area (Å²) in [7, 11) is 0. The number of alkyl halides is 3. The van der Waals surface area contributed by atoms with Crippen molar-refractivity contribution in [2.24, 2.45) is 11.3 Å². The monoisotopic (exact) mass is 585 g/mol. The summed E-state index contributed by atoms with van der Waals surface area (Å²) >= 11 is 12.5. The number of rotatable bonds is 9. The predicted octanol–water partition coefficient (Wildman–Crippen LogP) is 7.40. The summed E-state index contributed by atoms with van der Waals surface area (Å²) < 4.78 is 42.8. The maximum absolute atomic E-state index is 14.3. The minimum atomic E-state index is -4.88. The summed E-state index contributed by atoms with van der Waals surface area (Å²) in [6.45, 7) is 3.23. The van der Waals surface area contributed by atoms with E-state index in [0.29, 0.717) is 15.6 Å². The van der Waals surface area contributed by atoms with E-state index >= 15 is 0 Å². The lowest BCUT2D eigenvalue weighted by molar-refractivity contribution is -0.275. The van der Waals surface area contributed by atoms with Crippen molar-refractivity contribution in [1.29, 1.82) is 0 Å². The Hall–Kier alpha value is -2.29. The fourth-order valence-corrected chi connectivity index (χ4v) is 6.48. The highest BCUT2D eigenvalue weighted by Gasteiger charge is 2.63. The average molecular weight is 586 g/mol. The molecule has 2 N–H and O–H groups in total. The van der Waals surface area contributed by atoms with E-state index in [1.807, 2.05) is 6.07 Å².